The second kappa shape index (κ2) is 5.69. The average Bonchev–Trinajstić information content (AvgIpc) is 2.12. The standard InChI is InChI=1S/C11H24N2O/c1-4-11(12)5-6-13-7-9(2)14-10(3)8-13/h9-11H,4-8,12H2,1-3H3. The Kier molecular flexibility index (Phi) is 4.85. The van der Waals surface area contributed by atoms with Crippen LogP contribution in [0.1, 0.15) is 33.6 Å². The Morgan fingerprint density at radius 2 is 1.93 bits per heavy atom. The Morgan fingerprint density at radius 3 is 2.43 bits per heavy atom. The molecule has 0 bridgehead atoms. The molecular weight excluding hydrogens is 176 g/mol. The fourth-order valence-corrected chi connectivity index (χ4v) is 2.02. The van der Waals surface area contributed by atoms with Crippen molar-refractivity contribution in [2.75, 3.05) is 19.6 Å². The minimum atomic E-state index is 0.364. The van der Waals surface area contributed by atoms with Gasteiger partial charge in [-0.3, -0.25) is 4.90 Å². The van der Waals surface area contributed by atoms with Crippen molar-refractivity contribution in [3.05, 3.63) is 0 Å². The Balaban J connectivity index is 2.23. The fourth-order valence-electron chi connectivity index (χ4n) is 2.02. The molecule has 0 spiro atoms. The predicted molar refractivity (Wildman–Crippen MR) is 59.3 cm³/mol. The van der Waals surface area contributed by atoms with Crippen LogP contribution in [0.4, 0.5) is 0 Å². The molecular formula is C11H24N2O. The molecule has 0 aromatic heterocycles. The van der Waals surface area contributed by atoms with Crippen LogP contribution >= 0.6 is 0 Å². The maximum Gasteiger partial charge on any atom is 0.0678 e. The molecule has 1 aliphatic heterocycles. The quantitative estimate of drug-likeness (QED) is 0.741. The van der Waals surface area contributed by atoms with E-state index in [1.54, 1.807) is 0 Å². The molecule has 0 saturated carbocycles. The summed E-state index contributed by atoms with van der Waals surface area (Å²) in [6.45, 7) is 9.66. The monoisotopic (exact) mass is 200 g/mol. The van der Waals surface area contributed by atoms with Gasteiger partial charge in [0.15, 0.2) is 0 Å². The van der Waals surface area contributed by atoms with Crippen molar-refractivity contribution in [3.63, 3.8) is 0 Å². The highest BCUT2D eigenvalue weighted by Gasteiger charge is 2.21. The molecule has 84 valence electrons. The second-order valence-electron chi connectivity index (χ2n) is 4.47. The topological polar surface area (TPSA) is 38.5 Å². The SMILES string of the molecule is CCC(N)CCN1CC(C)OC(C)C1. The molecule has 0 radical (unpaired) electrons. The third-order valence-electron chi connectivity index (χ3n) is 2.84. The van der Waals surface area contributed by atoms with Crippen LogP contribution in [0.2, 0.25) is 0 Å². The first-order chi connectivity index (χ1) is 6.61. The summed E-state index contributed by atoms with van der Waals surface area (Å²) >= 11 is 0. The van der Waals surface area contributed by atoms with E-state index in [2.05, 4.69) is 25.7 Å². The summed E-state index contributed by atoms with van der Waals surface area (Å²) < 4.78 is 5.68. The largest absolute Gasteiger partial charge is 0.373 e. The number of morpholine rings is 1. The number of nitrogens with zero attached hydrogens (tertiary/aromatic N) is 1. The summed E-state index contributed by atoms with van der Waals surface area (Å²) in [5.74, 6) is 0. The summed E-state index contributed by atoms with van der Waals surface area (Å²) in [6.07, 6.45) is 2.93. The van der Waals surface area contributed by atoms with Crippen molar-refractivity contribution in [2.45, 2.75) is 51.9 Å². The van der Waals surface area contributed by atoms with Crippen molar-refractivity contribution >= 4 is 0 Å². The molecule has 3 unspecified atom stereocenters. The molecule has 1 rings (SSSR count). The highest BCUT2D eigenvalue weighted by molar-refractivity contribution is 4.74. The lowest BCUT2D eigenvalue weighted by Crippen LogP contribution is -2.46. The van der Waals surface area contributed by atoms with E-state index >= 15 is 0 Å². The first kappa shape index (κ1) is 12.0. The lowest BCUT2D eigenvalue weighted by molar-refractivity contribution is -0.0684. The summed E-state index contributed by atoms with van der Waals surface area (Å²) in [7, 11) is 0. The fraction of sp³-hybridized carbons (Fsp3) is 1.00. The number of hydrogen-bond acceptors (Lipinski definition) is 3. The molecule has 1 heterocycles. The van der Waals surface area contributed by atoms with Gasteiger partial charge in [-0.05, 0) is 33.2 Å². The van der Waals surface area contributed by atoms with E-state index in [4.69, 9.17) is 10.5 Å². The van der Waals surface area contributed by atoms with Gasteiger partial charge in [-0.25, -0.2) is 0 Å². The zero-order valence-electron chi connectivity index (χ0n) is 9.70. The van der Waals surface area contributed by atoms with Gasteiger partial charge in [0.05, 0.1) is 12.2 Å². The van der Waals surface area contributed by atoms with Crippen LogP contribution in [0.15, 0.2) is 0 Å². The van der Waals surface area contributed by atoms with E-state index < -0.39 is 0 Å². The van der Waals surface area contributed by atoms with Gasteiger partial charge in [-0.1, -0.05) is 6.92 Å². The Bertz CT molecular complexity index is 153. The minimum Gasteiger partial charge on any atom is -0.373 e. The van der Waals surface area contributed by atoms with E-state index in [9.17, 15) is 0 Å². The van der Waals surface area contributed by atoms with Crippen LogP contribution in [0, 0.1) is 0 Å². The van der Waals surface area contributed by atoms with Crippen molar-refractivity contribution < 1.29 is 4.74 Å². The van der Waals surface area contributed by atoms with Gasteiger partial charge in [-0.15, -0.1) is 0 Å². The third kappa shape index (κ3) is 3.95. The Hall–Kier alpha value is -0.120. The Labute approximate surface area is 87.6 Å². The number of ether oxygens (including phenoxy) is 1. The molecule has 1 saturated heterocycles. The molecule has 0 aliphatic carbocycles. The van der Waals surface area contributed by atoms with Gasteiger partial charge < -0.3 is 10.5 Å². The average molecular weight is 200 g/mol. The molecule has 14 heavy (non-hydrogen) atoms. The number of rotatable bonds is 4. The summed E-state index contributed by atoms with van der Waals surface area (Å²) in [5.41, 5.74) is 5.90. The maximum atomic E-state index is 5.90. The highest BCUT2D eigenvalue weighted by atomic mass is 16.5. The van der Waals surface area contributed by atoms with Crippen molar-refractivity contribution in [1.82, 2.24) is 4.90 Å². The lowest BCUT2D eigenvalue weighted by atomic mass is 10.1. The van der Waals surface area contributed by atoms with Gasteiger partial charge >= 0.3 is 0 Å². The smallest absolute Gasteiger partial charge is 0.0678 e. The summed E-state index contributed by atoms with van der Waals surface area (Å²) in [5, 5.41) is 0. The molecule has 2 N–H and O–H groups in total. The zero-order valence-corrected chi connectivity index (χ0v) is 9.70. The van der Waals surface area contributed by atoms with Gasteiger partial charge in [0, 0.05) is 19.1 Å². The van der Waals surface area contributed by atoms with E-state index in [1.165, 1.54) is 0 Å². The molecule has 0 aromatic rings. The van der Waals surface area contributed by atoms with Crippen LogP contribution < -0.4 is 5.73 Å². The minimum absolute atomic E-state index is 0.364. The van der Waals surface area contributed by atoms with Crippen LogP contribution in [-0.4, -0.2) is 42.8 Å². The van der Waals surface area contributed by atoms with Gasteiger partial charge in [-0.2, -0.15) is 0 Å². The van der Waals surface area contributed by atoms with Crippen molar-refractivity contribution in [2.24, 2.45) is 5.73 Å². The zero-order chi connectivity index (χ0) is 10.6. The van der Waals surface area contributed by atoms with Gasteiger partial charge in [0.1, 0.15) is 0 Å². The van der Waals surface area contributed by atoms with Gasteiger partial charge in [0.25, 0.3) is 0 Å². The molecule has 1 fully saturated rings. The van der Waals surface area contributed by atoms with Crippen LogP contribution in [0.25, 0.3) is 0 Å². The van der Waals surface area contributed by atoms with Crippen LogP contribution in [-0.2, 0) is 4.74 Å². The first-order valence-electron chi connectivity index (χ1n) is 5.75. The van der Waals surface area contributed by atoms with E-state index in [0.29, 0.717) is 18.2 Å². The van der Waals surface area contributed by atoms with E-state index in [0.717, 1.165) is 32.5 Å². The molecule has 1 aliphatic rings. The summed E-state index contributed by atoms with van der Waals surface area (Å²) in [4.78, 5) is 2.47. The molecule has 0 amide bonds. The molecule has 0 aromatic carbocycles. The lowest BCUT2D eigenvalue weighted by Gasteiger charge is -2.35. The highest BCUT2D eigenvalue weighted by Crippen LogP contribution is 2.11. The van der Waals surface area contributed by atoms with Gasteiger partial charge in [0.2, 0.25) is 0 Å². The molecule has 3 nitrogen and oxygen atoms in total. The van der Waals surface area contributed by atoms with Crippen molar-refractivity contribution in [1.29, 1.82) is 0 Å². The molecule has 3 atom stereocenters. The number of nitrogens with two attached hydrogens (primary N) is 1. The number of hydrogen-bond donors (Lipinski definition) is 1. The van der Waals surface area contributed by atoms with Crippen LogP contribution in [0.5, 0.6) is 0 Å². The third-order valence-corrected chi connectivity index (χ3v) is 2.84. The van der Waals surface area contributed by atoms with Crippen molar-refractivity contribution in [3.8, 4) is 0 Å². The normalized spacial score (nSPS) is 31.7. The predicted octanol–water partition coefficient (Wildman–Crippen LogP) is 1.22. The molecule has 3 heteroatoms. The maximum absolute atomic E-state index is 5.90. The Morgan fingerprint density at radius 1 is 1.36 bits per heavy atom. The second-order valence-corrected chi connectivity index (χ2v) is 4.47. The van der Waals surface area contributed by atoms with E-state index in [-0.39, 0.29) is 0 Å². The van der Waals surface area contributed by atoms with Crippen LogP contribution in [0.3, 0.4) is 0 Å². The summed E-state index contributed by atoms with van der Waals surface area (Å²) in [6, 6.07) is 0.364. The van der Waals surface area contributed by atoms with E-state index in [1.807, 2.05) is 0 Å². The first-order valence-corrected chi connectivity index (χ1v) is 5.75.